The fourth-order valence-electron chi connectivity index (χ4n) is 3.51. The molecular formula is C14H19NO2S. The van der Waals surface area contributed by atoms with Crippen molar-refractivity contribution in [1.82, 2.24) is 0 Å². The second kappa shape index (κ2) is 4.35. The maximum Gasteiger partial charge on any atom is 0.150 e. The first-order valence-corrected chi connectivity index (χ1v) is 8.43. The molecule has 1 aliphatic carbocycles. The summed E-state index contributed by atoms with van der Waals surface area (Å²) in [5, 5.41) is 0. The van der Waals surface area contributed by atoms with Crippen LogP contribution < -0.4 is 5.73 Å². The Labute approximate surface area is 108 Å². The molecule has 0 saturated carbocycles. The van der Waals surface area contributed by atoms with E-state index in [0.717, 1.165) is 19.3 Å². The van der Waals surface area contributed by atoms with E-state index in [1.165, 1.54) is 11.1 Å². The van der Waals surface area contributed by atoms with Crippen LogP contribution in [0.3, 0.4) is 0 Å². The highest BCUT2D eigenvalue weighted by molar-refractivity contribution is 7.91. The van der Waals surface area contributed by atoms with Gasteiger partial charge in [-0.05, 0) is 42.2 Å². The number of fused-ring (bicyclic) bond motifs is 1. The van der Waals surface area contributed by atoms with Crippen LogP contribution in [-0.4, -0.2) is 19.9 Å². The Morgan fingerprint density at radius 2 is 1.94 bits per heavy atom. The molecule has 98 valence electrons. The number of sulfone groups is 1. The van der Waals surface area contributed by atoms with Gasteiger partial charge in [0.15, 0.2) is 9.84 Å². The number of rotatable bonds is 1. The van der Waals surface area contributed by atoms with Gasteiger partial charge in [0.25, 0.3) is 0 Å². The van der Waals surface area contributed by atoms with E-state index in [-0.39, 0.29) is 12.0 Å². The lowest BCUT2D eigenvalue weighted by molar-refractivity contribution is 0.273. The van der Waals surface area contributed by atoms with Crippen LogP contribution in [0.1, 0.15) is 30.0 Å². The standard InChI is InChI=1S/C14H19NO2S/c15-14-12-4-2-1-3-10(12)5-6-13(14)11-7-8-18(16,17)9-11/h1-4,11,13-14H,5-9,15H2. The van der Waals surface area contributed by atoms with E-state index in [1.807, 2.05) is 12.1 Å². The number of benzene rings is 1. The molecule has 1 fully saturated rings. The molecule has 0 bridgehead atoms. The van der Waals surface area contributed by atoms with Gasteiger partial charge in [-0.25, -0.2) is 8.42 Å². The highest BCUT2D eigenvalue weighted by atomic mass is 32.2. The zero-order valence-electron chi connectivity index (χ0n) is 10.4. The molecule has 0 radical (unpaired) electrons. The lowest BCUT2D eigenvalue weighted by atomic mass is 9.74. The van der Waals surface area contributed by atoms with E-state index in [2.05, 4.69) is 12.1 Å². The van der Waals surface area contributed by atoms with Crippen LogP contribution in [-0.2, 0) is 16.3 Å². The first-order chi connectivity index (χ1) is 8.57. The van der Waals surface area contributed by atoms with Gasteiger partial charge in [-0.2, -0.15) is 0 Å². The van der Waals surface area contributed by atoms with Crippen LogP contribution in [0.2, 0.25) is 0 Å². The quantitative estimate of drug-likeness (QED) is 0.840. The van der Waals surface area contributed by atoms with Gasteiger partial charge in [-0.15, -0.1) is 0 Å². The SMILES string of the molecule is NC1c2ccccc2CCC1C1CCS(=O)(=O)C1. The summed E-state index contributed by atoms with van der Waals surface area (Å²) in [6.07, 6.45) is 2.85. The monoisotopic (exact) mass is 265 g/mol. The molecule has 1 saturated heterocycles. The molecule has 3 rings (SSSR count). The predicted molar refractivity (Wildman–Crippen MR) is 71.9 cm³/mol. The maximum atomic E-state index is 11.6. The van der Waals surface area contributed by atoms with Gasteiger partial charge in [0.1, 0.15) is 0 Å². The number of aryl methyl sites for hydroxylation is 1. The minimum atomic E-state index is -2.80. The summed E-state index contributed by atoms with van der Waals surface area (Å²) < 4.78 is 23.2. The fourth-order valence-corrected chi connectivity index (χ4v) is 5.40. The average molecular weight is 265 g/mol. The normalized spacial score (nSPS) is 34.2. The molecule has 1 aromatic carbocycles. The zero-order valence-corrected chi connectivity index (χ0v) is 11.2. The fraction of sp³-hybridized carbons (Fsp3) is 0.571. The van der Waals surface area contributed by atoms with Crippen molar-refractivity contribution in [2.45, 2.75) is 25.3 Å². The van der Waals surface area contributed by atoms with Crippen LogP contribution in [0.25, 0.3) is 0 Å². The Hall–Kier alpha value is -0.870. The summed E-state index contributed by atoms with van der Waals surface area (Å²) in [4.78, 5) is 0. The number of hydrogen-bond donors (Lipinski definition) is 1. The number of nitrogens with two attached hydrogens (primary N) is 1. The average Bonchev–Trinajstić information content (AvgIpc) is 2.70. The zero-order chi connectivity index (χ0) is 12.8. The molecule has 2 N–H and O–H groups in total. The number of hydrogen-bond acceptors (Lipinski definition) is 3. The molecule has 1 aromatic rings. The van der Waals surface area contributed by atoms with E-state index in [0.29, 0.717) is 17.4 Å². The molecule has 18 heavy (non-hydrogen) atoms. The summed E-state index contributed by atoms with van der Waals surface area (Å²) in [5.41, 5.74) is 8.92. The van der Waals surface area contributed by atoms with Crippen LogP contribution in [0, 0.1) is 11.8 Å². The van der Waals surface area contributed by atoms with Crippen molar-refractivity contribution in [2.75, 3.05) is 11.5 Å². The summed E-state index contributed by atoms with van der Waals surface area (Å²) >= 11 is 0. The van der Waals surface area contributed by atoms with Crippen molar-refractivity contribution in [3.63, 3.8) is 0 Å². The van der Waals surface area contributed by atoms with Gasteiger partial charge in [-0.1, -0.05) is 24.3 Å². The Balaban J connectivity index is 1.85. The summed E-state index contributed by atoms with van der Waals surface area (Å²) in [6.45, 7) is 0. The van der Waals surface area contributed by atoms with Gasteiger partial charge >= 0.3 is 0 Å². The Kier molecular flexibility index (Phi) is 2.94. The van der Waals surface area contributed by atoms with Gasteiger partial charge in [0.05, 0.1) is 11.5 Å². The predicted octanol–water partition coefficient (Wildman–Crippen LogP) is 1.68. The molecular weight excluding hydrogens is 246 g/mol. The summed E-state index contributed by atoms with van der Waals surface area (Å²) in [5.74, 6) is 1.28. The first-order valence-electron chi connectivity index (χ1n) is 6.61. The Bertz CT molecular complexity index is 553. The summed E-state index contributed by atoms with van der Waals surface area (Å²) in [6, 6.07) is 8.30. The second-order valence-corrected chi connectivity index (χ2v) is 7.82. The first kappa shape index (κ1) is 12.2. The molecule has 3 nitrogen and oxygen atoms in total. The van der Waals surface area contributed by atoms with Crippen molar-refractivity contribution >= 4 is 9.84 Å². The van der Waals surface area contributed by atoms with Crippen molar-refractivity contribution < 1.29 is 8.42 Å². The van der Waals surface area contributed by atoms with E-state index < -0.39 is 9.84 Å². The molecule has 3 atom stereocenters. The van der Waals surface area contributed by atoms with E-state index in [1.54, 1.807) is 0 Å². The van der Waals surface area contributed by atoms with Crippen LogP contribution in [0.4, 0.5) is 0 Å². The van der Waals surface area contributed by atoms with Gasteiger partial charge in [0.2, 0.25) is 0 Å². The van der Waals surface area contributed by atoms with Crippen molar-refractivity contribution in [1.29, 1.82) is 0 Å². The van der Waals surface area contributed by atoms with Gasteiger partial charge in [0, 0.05) is 6.04 Å². The third kappa shape index (κ3) is 2.08. The Morgan fingerprint density at radius 1 is 1.17 bits per heavy atom. The molecule has 0 aromatic heterocycles. The molecule has 2 aliphatic rings. The lowest BCUT2D eigenvalue weighted by Crippen LogP contribution is -2.33. The maximum absolute atomic E-state index is 11.6. The van der Waals surface area contributed by atoms with E-state index >= 15 is 0 Å². The van der Waals surface area contributed by atoms with Crippen molar-refractivity contribution in [2.24, 2.45) is 17.6 Å². The van der Waals surface area contributed by atoms with Crippen molar-refractivity contribution in [3.05, 3.63) is 35.4 Å². The van der Waals surface area contributed by atoms with Crippen LogP contribution in [0.15, 0.2) is 24.3 Å². The Morgan fingerprint density at radius 3 is 2.67 bits per heavy atom. The third-order valence-corrected chi connectivity index (χ3v) is 6.29. The lowest BCUT2D eigenvalue weighted by Gasteiger charge is -2.34. The van der Waals surface area contributed by atoms with E-state index in [4.69, 9.17) is 5.73 Å². The van der Waals surface area contributed by atoms with Crippen LogP contribution in [0.5, 0.6) is 0 Å². The highest BCUT2D eigenvalue weighted by Crippen LogP contribution is 2.40. The summed E-state index contributed by atoms with van der Waals surface area (Å²) in [7, 11) is -2.80. The highest BCUT2D eigenvalue weighted by Gasteiger charge is 2.38. The smallest absolute Gasteiger partial charge is 0.150 e. The largest absolute Gasteiger partial charge is 0.324 e. The molecule has 1 aliphatic heterocycles. The second-order valence-electron chi connectivity index (χ2n) is 5.59. The molecule has 0 spiro atoms. The van der Waals surface area contributed by atoms with Crippen LogP contribution >= 0.6 is 0 Å². The molecule has 4 heteroatoms. The van der Waals surface area contributed by atoms with Gasteiger partial charge in [-0.3, -0.25) is 0 Å². The minimum absolute atomic E-state index is 0.00764. The topological polar surface area (TPSA) is 60.2 Å². The molecule has 3 unspecified atom stereocenters. The van der Waals surface area contributed by atoms with Crippen molar-refractivity contribution in [3.8, 4) is 0 Å². The molecule has 0 amide bonds. The third-order valence-electron chi connectivity index (χ3n) is 4.50. The van der Waals surface area contributed by atoms with Gasteiger partial charge < -0.3 is 5.73 Å². The minimum Gasteiger partial charge on any atom is -0.324 e. The molecule has 1 heterocycles. The van der Waals surface area contributed by atoms with E-state index in [9.17, 15) is 8.42 Å².